The lowest BCUT2D eigenvalue weighted by Crippen LogP contribution is -2.31. The van der Waals surface area contributed by atoms with Crippen LogP contribution in [0.4, 0.5) is 0 Å². The van der Waals surface area contributed by atoms with Crippen LogP contribution in [0.3, 0.4) is 0 Å². The minimum atomic E-state index is -1.21. The van der Waals surface area contributed by atoms with Gasteiger partial charge in [-0.15, -0.1) is 0 Å². The molecule has 2 radical (unpaired) electrons. The SMILES string of the molecule is O=C(c1ccccc1)[Si]1OC=C[SiH]1. The van der Waals surface area contributed by atoms with Gasteiger partial charge in [-0.3, -0.25) is 4.79 Å². The zero-order chi connectivity index (χ0) is 9.10. The lowest BCUT2D eigenvalue weighted by atomic mass is 10.2. The molecular formula is C9H8O2Si2. The molecule has 0 bridgehead atoms. The van der Waals surface area contributed by atoms with Gasteiger partial charge in [-0.25, -0.2) is 0 Å². The molecule has 0 saturated heterocycles. The van der Waals surface area contributed by atoms with Gasteiger partial charge in [-0.2, -0.15) is 0 Å². The van der Waals surface area contributed by atoms with Crippen molar-refractivity contribution in [3.05, 3.63) is 47.9 Å². The predicted molar refractivity (Wildman–Crippen MR) is 53.9 cm³/mol. The van der Waals surface area contributed by atoms with E-state index in [1.54, 1.807) is 6.26 Å². The van der Waals surface area contributed by atoms with Gasteiger partial charge in [-0.1, -0.05) is 36.0 Å². The Morgan fingerprint density at radius 2 is 2.08 bits per heavy atom. The minimum Gasteiger partial charge on any atom is -0.543 e. The Kier molecular flexibility index (Phi) is 2.42. The van der Waals surface area contributed by atoms with Crippen LogP contribution in [0.5, 0.6) is 0 Å². The maximum absolute atomic E-state index is 11.7. The fraction of sp³-hybridized carbons (Fsp3) is 0. The molecule has 4 heteroatoms. The highest BCUT2D eigenvalue weighted by Crippen LogP contribution is 2.06. The van der Waals surface area contributed by atoms with Crippen molar-refractivity contribution in [1.29, 1.82) is 0 Å². The molecule has 0 spiro atoms. The van der Waals surface area contributed by atoms with Crippen molar-refractivity contribution < 1.29 is 9.22 Å². The zero-order valence-corrected chi connectivity index (χ0v) is 9.09. The van der Waals surface area contributed by atoms with Crippen LogP contribution in [0.15, 0.2) is 42.3 Å². The van der Waals surface area contributed by atoms with E-state index in [1.165, 1.54) is 0 Å². The van der Waals surface area contributed by atoms with E-state index in [2.05, 4.69) is 0 Å². The van der Waals surface area contributed by atoms with Gasteiger partial charge in [0.25, 0.3) is 0 Å². The highest BCUT2D eigenvalue weighted by atomic mass is 29.2. The van der Waals surface area contributed by atoms with Crippen LogP contribution in [0.25, 0.3) is 0 Å². The van der Waals surface area contributed by atoms with Crippen LogP contribution < -0.4 is 0 Å². The Morgan fingerprint density at radius 3 is 2.69 bits per heavy atom. The summed E-state index contributed by atoms with van der Waals surface area (Å²) >= 11 is 0. The van der Waals surface area contributed by atoms with Gasteiger partial charge in [0.2, 0.25) is 0 Å². The van der Waals surface area contributed by atoms with Gasteiger partial charge in [-0.05, 0) is 0 Å². The van der Waals surface area contributed by atoms with E-state index >= 15 is 0 Å². The second kappa shape index (κ2) is 3.72. The van der Waals surface area contributed by atoms with E-state index in [-0.39, 0.29) is 14.4 Å². The largest absolute Gasteiger partial charge is 0.543 e. The first-order valence-electron chi connectivity index (χ1n) is 4.01. The molecule has 0 atom stereocenters. The van der Waals surface area contributed by atoms with Crippen LogP contribution in [0.2, 0.25) is 0 Å². The summed E-state index contributed by atoms with van der Waals surface area (Å²) in [7, 11) is -1.12. The zero-order valence-electron chi connectivity index (χ0n) is 6.94. The van der Waals surface area contributed by atoms with E-state index in [0.717, 1.165) is 5.56 Å². The van der Waals surface area contributed by atoms with Crippen molar-refractivity contribution in [3.63, 3.8) is 0 Å². The maximum Gasteiger partial charge on any atom is 0.339 e. The average molecular weight is 204 g/mol. The lowest BCUT2D eigenvalue weighted by molar-refractivity contribution is 0.106. The van der Waals surface area contributed by atoms with Crippen molar-refractivity contribution in [2.75, 3.05) is 0 Å². The molecule has 0 aliphatic carbocycles. The van der Waals surface area contributed by atoms with Crippen molar-refractivity contribution in [1.82, 2.24) is 0 Å². The van der Waals surface area contributed by atoms with E-state index < -0.39 is 8.56 Å². The topological polar surface area (TPSA) is 26.3 Å². The molecule has 1 aromatic carbocycles. The van der Waals surface area contributed by atoms with E-state index in [9.17, 15) is 4.79 Å². The summed E-state index contributed by atoms with van der Waals surface area (Å²) in [5.41, 5.74) is 2.78. The van der Waals surface area contributed by atoms with Gasteiger partial charge < -0.3 is 4.43 Å². The molecule has 1 aromatic rings. The molecule has 0 N–H and O–H groups in total. The van der Waals surface area contributed by atoms with Crippen LogP contribution in [-0.4, -0.2) is 23.0 Å². The quantitative estimate of drug-likeness (QED) is 0.667. The first-order valence-corrected chi connectivity index (χ1v) is 7.89. The molecule has 0 unspecified atom stereocenters. The minimum absolute atomic E-state index is 0.0853. The third kappa shape index (κ3) is 1.79. The molecule has 1 aliphatic heterocycles. The molecule has 64 valence electrons. The highest BCUT2D eigenvalue weighted by molar-refractivity contribution is 7.27. The van der Waals surface area contributed by atoms with Gasteiger partial charge in [0.1, 0.15) is 9.04 Å². The molecule has 1 heterocycles. The second-order valence-electron chi connectivity index (χ2n) is 2.67. The third-order valence-electron chi connectivity index (χ3n) is 1.78. The summed E-state index contributed by atoms with van der Waals surface area (Å²) in [4.78, 5) is 11.7. The van der Waals surface area contributed by atoms with E-state index in [4.69, 9.17) is 4.43 Å². The van der Waals surface area contributed by atoms with Crippen LogP contribution in [-0.2, 0) is 4.43 Å². The number of carbonyl (C=O) groups is 1. The third-order valence-corrected chi connectivity index (χ3v) is 6.24. The number of hydrogen-bond acceptors (Lipinski definition) is 2. The van der Waals surface area contributed by atoms with Crippen molar-refractivity contribution >= 4 is 23.0 Å². The monoisotopic (exact) mass is 204 g/mol. The van der Waals surface area contributed by atoms with Crippen molar-refractivity contribution in [2.24, 2.45) is 0 Å². The van der Waals surface area contributed by atoms with Gasteiger partial charge in [0.15, 0.2) is 5.41 Å². The summed E-state index contributed by atoms with van der Waals surface area (Å²) in [6.45, 7) is 0. The second-order valence-corrected chi connectivity index (χ2v) is 7.38. The van der Waals surface area contributed by atoms with Crippen LogP contribution >= 0.6 is 0 Å². The maximum atomic E-state index is 11.7. The Labute approximate surface area is 80.6 Å². The fourth-order valence-corrected chi connectivity index (χ4v) is 4.83. The molecule has 13 heavy (non-hydrogen) atoms. The normalized spacial score (nSPS) is 15.7. The Balaban J connectivity index is 2.14. The molecule has 2 rings (SSSR count). The molecule has 0 amide bonds. The van der Waals surface area contributed by atoms with E-state index in [0.29, 0.717) is 0 Å². The number of hydrogen-bond donors (Lipinski definition) is 0. The number of benzene rings is 1. The molecule has 0 aromatic heterocycles. The van der Waals surface area contributed by atoms with Crippen LogP contribution in [0, 0.1) is 0 Å². The highest BCUT2D eigenvalue weighted by Gasteiger charge is 2.27. The van der Waals surface area contributed by atoms with Crippen molar-refractivity contribution in [3.8, 4) is 0 Å². The molecule has 0 saturated carbocycles. The summed E-state index contributed by atoms with van der Waals surface area (Å²) in [5, 5.41) is 0.200. The van der Waals surface area contributed by atoms with Crippen molar-refractivity contribution in [2.45, 2.75) is 0 Å². The summed E-state index contributed by atoms with van der Waals surface area (Å²) in [6.07, 6.45) is 1.67. The molecular weight excluding hydrogens is 196 g/mol. The summed E-state index contributed by atoms with van der Waals surface area (Å²) < 4.78 is 5.28. The number of rotatable bonds is 2. The Bertz CT molecular complexity index is 327. The molecule has 0 fully saturated rings. The molecule has 2 nitrogen and oxygen atoms in total. The molecule has 1 aliphatic rings. The predicted octanol–water partition coefficient (Wildman–Crippen LogP) is 0.835. The smallest absolute Gasteiger partial charge is 0.339 e. The van der Waals surface area contributed by atoms with Gasteiger partial charge in [0.05, 0.1) is 6.26 Å². The van der Waals surface area contributed by atoms with E-state index in [1.807, 2.05) is 36.0 Å². The fourth-order valence-electron chi connectivity index (χ4n) is 1.14. The van der Waals surface area contributed by atoms with Crippen LogP contribution in [0.1, 0.15) is 10.4 Å². The van der Waals surface area contributed by atoms with Gasteiger partial charge in [0, 0.05) is 5.56 Å². The lowest BCUT2D eigenvalue weighted by Gasteiger charge is -2.04. The Morgan fingerprint density at radius 1 is 1.31 bits per heavy atom. The summed E-state index contributed by atoms with van der Waals surface area (Å²) in [6, 6.07) is 9.37. The van der Waals surface area contributed by atoms with Gasteiger partial charge >= 0.3 is 8.56 Å². The first kappa shape index (κ1) is 8.46. The Hall–Kier alpha value is -1.14. The first-order chi connectivity index (χ1) is 6.38. The number of carbonyl (C=O) groups excluding carboxylic acids is 1. The summed E-state index contributed by atoms with van der Waals surface area (Å²) in [5.74, 6) is 0. The standard InChI is InChI=1S/C9H8O2Si2/c10-9(13-11-6-7-12-13)8-4-2-1-3-5-8/h1-7,12H. The average Bonchev–Trinajstić information content (AvgIpc) is 2.71.